The average Bonchev–Trinajstić information content (AvgIpc) is 2.21. The second-order valence-corrected chi connectivity index (χ2v) is 1.31. The predicted molar refractivity (Wildman–Crippen MR) is 47.2 cm³/mol. The average molecular weight is 176 g/mol. The van der Waals surface area contributed by atoms with Gasteiger partial charge in [0.15, 0.2) is 6.10 Å². The summed E-state index contributed by atoms with van der Waals surface area (Å²) in [7, 11) is 2.89. The Kier molecular flexibility index (Phi) is 23.5. The van der Waals surface area contributed by atoms with Gasteiger partial charge >= 0.3 is 0 Å². The number of hydrogen-bond donors (Lipinski definition) is 4. The minimum Gasteiger partial charge on any atom is -0.393 e. The molecule has 1 unspecified atom stereocenters. The zero-order chi connectivity index (χ0) is 10.6. The number of nitrogens with two attached hydrogens (primary N) is 1. The molecule has 1 atom stereocenters. The normalized spacial score (nSPS) is 9.25. The molecule has 0 fully saturated rings. The summed E-state index contributed by atoms with van der Waals surface area (Å²) in [6, 6.07) is 0. The van der Waals surface area contributed by atoms with Gasteiger partial charge in [0.2, 0.25) is 0 Å². The van der Waals surface area contributed by atoms with Crippen molar-refractivity contribution >= 4 is 5.91 Å². The van der Waals surface area contributed by atoms with Crippen LogP contribution in [-0.2, 0) is 4.79 Å². The molecule has 12 heavy (non-hydrogen) atoms. The number of aliphatic hydroxyl groups is 2. The van der Waals surface area contributed by atoms with Gasteiger partial charge in [-0.05, 0) is 7.05 Å². The Morgan fingerprint density at radius 3 is 2.00 bits per heavy atom. The summed E-state index contributed by atoms with van der Waals surface area (Å²) >= 11 is 0. The largest absolute Gasteiger partial charge is 0.393 e. The number of nitrogens with one attached hydrogen (secondary N) is 1. The van der Waals surface area contributed by atoms with E-state index >= 15 is 0 Å². The van der Waals surface area contributed by atoms with E-state index in [1.54, 1.807) is 0 Å². The van der Waals surface area contributed by atoms with Crippen molar-refractivity contribution in [1.29, 1.82) is 0 Å². The molecule has 5 nitrogen and oxygen atoms in total. The molecule has 72 valence electrons. The highest BCUT2D eigenvalue weighted by molar-refractivity contribution is 5.80. The van der Waals surface area contributed by atoms with Crippen LogP contribution < -0.4 is 11.1 Å². The molecule has 0 spiro atoms. The van der Waals surface area contributed by atoms with Crippen molar-refractivity contribution in [2.75, 3.05) is 20.7 Å². The van der Waals surface area contributed by atoms with Gasteiger partial charge in [0, 0.05) is 7.05 Å². The van der Waals surface area contributed by atoms with Crippen LogP contribution in [0.15, 0.2) is 0 Å². The van der Waals surface area contributed by atoms with Gasteiger partial charge in [-0.2, -0.15) is 0 Å². The fraction of sp³-hybridized carbons (Fsp3) is 0.571. The molecule has 5 N–H and O–H groups in total. The monoisotopic (exact) mass is 176 g/mol. The maximum Gasteiger partial charge on any atom is 0.250 e. The smallest absolute Gasteiger partial charge is 0.250 e. The molecule has 1 amide bonds. The number of carbonyl (C=O) groups is 1. The van der Waals surface area contributed by atoms with Gasteiger partial charge in [-0.1, -0.05) is 0 Å². The minimum atomic E-state index is -1.28. The summed E-state index contributed by atoms with van der Waals surface area (Å²) in [6.45, 7) is -0.528. The molecular weight excluding hydrogens is 160 g/mol. The highest BCUT2D eigenvalue weighted by Gasteiger charge is 2.09. The van der Waals surface area contributed by atoms with Crippen molar-refractivity contribution in [3.05, 3.63) is 0 Å². The standard InChI is InChI=1S/C4H9NO3.C2H2.CH5N/c1-5-4(8)3(7)2-6;2*1-2/h3,6-7H,2H2,1H3,(H,5,8);1-2H;2H2,1H3. The van der Waals surface area contributed by atoms with Crippen LogP contribution in [0.4, 0.5) is 0 Å². The van der Waals surface area contributed by atoms with Crippen molar-refractivity contribution in [2.45, 2.75) is 6.10 Å². The van der Waals surface area contributed by atoms with Gasteiger partial charge in [-0.3, -0.25) is 4.79 Å². The highest BCUT2D eigenvalue weighted by atomic mass is 16.3. The van der Waals surface area contributed by atoms with Crippen molar-refractivity contribution in [3.8, 4) is 12.8 Å². The fourth-order valence-corrected chi connectivity index (χ4v) is 0.250. The number of carbonyl (C=O) groups excluding carboxylic acids is 1. The Morgan fingerprint density at radius 2 is 1.92 bits per heavy atom. The molecule has 0 bridgehead atoms. The maximum absolute atomic E-state index is 10.2. The zero-order valence-corrected chi connectivity index (χ0v) is 7.32. The molecule has 0 rings (SSSR count). The number of rotatable bonds is 2. The van der Waals surface area contributed by atoms with Crippen LogP contribution in [0, 0.1) is 12.8 Å². The highest BCUT2D eigenvalue weighted by Crippen LogP contribution is 1.76. The maximum atomic E-state index is 10.2. The van der Waals surface area contributed by atoms with Crippen LogP contribution in [0.5, 0.6) is 0 Å². The van der Waals surface area contributed by atoms with Crippen LogP contribution in [0.25, 0.3) is 0 Å². The van der Waals surface area contributed by atoms with Crippen LogP contribution >= 0.6 is 0 Å². The van der Waals surface area contributed by atoms with E-state index in [2.05, 4.69) is 23.9 Å². The Bertz CT molecular complexity index is 114. The molecule has 5 heteroatoms. The van der Waals surface area contributed by atoms with Gasteiger partial charge < -0.3 is 21.3 Å². The van der Waals surface area contributed by atoms with Gasteiger partial charge in [0.25, 0.3) is 5.91 Å². The topological polar surface area (TPSA) is 95.6 Å². The number of amides is 1. The summed E-state index contributed by atoms with van der Waals surface area (Å²) in [5, 5.41) is 18.8. The van der Waals surface area contributed by atoms with E-state index in [1.165, 1.54) is 14.1 Å². The van der Waals surface area contributed by atoms with E-state index in [0.29, 0.717) is 0 Å². The first kappa shape index (κ1) is 17.1. The van der Waals surface area contributed by atoms with Crippen LogP contribution in [0.2, 0.25) is 0 Å². The van der Waals surface area contributed by atoms with Gasteiger partial charge in [-0.15, -0.1) is 12.8 Å². The van der Waals surface area contributed by atoms with E-state index in [0.717, 1.165) is 0 Å². The molecule has 0 aliphatic rings. The first-order chi connectivity index (χ1) is 5.72. The van der Waals surface area contributed by atoms with Crippen LogP contribution in [0.3, 0.4) is 0 Å². The lowest BCUT2D eigenvalue weighted by atomic mass is 10.4. The van der Waals surface area contributed by atoms with Crippen molar-refractivity contribution in [3.63, 3.8) is 0 Å². The van der Waals surface area contributed by atoms with Crippen LogP contribution in [-0.4, -0.2) is 42.9 Å². The molecule has 0 aromatic rings. The van der Waals surface area contributed by atoms with Crippen molar-refractivity contribution < 1.29 is 15.0 Å². The molecule has 0 aliphatic heterocycles. The lowest BCUT2D eigenvalue weighted by Gasteiger charge is -2.02. The Morgan fingerprint density at radius 1 is 1.58 bits per heavy atom. The summed E-state index contributed by atoms with van der Waals surface area (Å²) in [5.74, 6) is -0.562. The molecule has 0 radical (unpaired) electrons. The van der Waals surface area contributed by atoms with Crippen molar-refractivity contribution in [2.24, 2.45) is 5.73 Å². The molecule has 0 aliphatic carbocycles. The second-order valence-electron chi connectivity index (χ2n) is 1.31. The summed E-state index contributed by atoms with van der Waals surface area (Å²) in [6.07, 6.45) is 6.72. The third kappa shape index (κ3) is 11.7. The van der Waals surface area contributed by atoms with E-state index in [-0.39, 0.29) is 0 Å². The quantitative estimate of drug-likeness (QED) is 0.363. The number of hydrogen-bond acceptors (Lipinski definition) is 4. The van der Waals surface area contributed by atoms with Gasteiger partial charge in [-0.25, -0.2) is 0 Å². The molecule has 0 heterocycles. The zero-order valence-electron chi connectivity index (χ0n) is 7.32. The lowest BCUT2D eigenvalue weighted by molar-refractivity contribution is -0.130. The van der Waals surface area contributed by atoms with E-state index in [1.807, 2.05) is 0 Å². The van der Waals surface area contributed by atoms with E-state index < -0.39 is 18.6 Å². The summed E-state index contributed by atoms with van der Waals surface area (Å²) in [5.41, 5.74) is 4.50. The van der Waals surface area contributed by atoms with Gasteiger partial charge in [0.05, 0.1) is 6.61 Å². The predicted octanol–water partition coefficient (Wildman–Crippen LogP) is -2.09. The SMILES string of the molecule is C#C.CN.CNC(=O)C(O)CO. The summed E-state index contributed by atoms with van der Waals surface area (Å²) in [4.78, 5) is 10.2. The first-order valence-electron chi connectivity index (χ1n) is 3.14. The molecular formula is C7H16N2O3. The molecule has 0 saturated heterocycles. The van der Waals surface area contributed by atoms with Crippen LogP contribution in [0.1, 0.15) is 0 Å². The van der Waals surface area contributed by atoms with Gasteiger partial charge in [0.1, 0.15) is 0 Å². The summed E-state index contributed by atoms with van der Waals surface area (Å²) < 4.78 is 0. The van der Waals surface area contributed by atoms with Crippen molar-refractivity contribution in [1.82, 2.24) is 5.32 Å². The molecule has 0 aromatic heterocycles. The first-order valence-corrected chi connectivity index (χ1v) is 3.14. The Hall–Kier alpha value is -1.09. The number of aliphatic hydroxyl groups excluding tert-OH is 2. The van der Waals surface area contributed by atoms with E-state index in [9.17, 15) is 4.79 Å². The second kappa shape index (κ2) is 16.5. The third-order valence-corrected chi connectivity index (χ3v) is 0.722. The fourth-order valence-electron chi connectivity index (χ4n) is 0.250. The molecule has 0 saturated carbocycles. The third-order valence-electron chi connectivity index (χ3n) is 0.722. The van der Waals surface area contributed by atoms with E-state index in [4.69, 9.17) is 10.2 Å². The Labute approximate surface area is 72.6 Å². The Balaban J connectivity index is -0.000000175. The number of likely N-dealkylation sites (N-methyl/N-ethyl adjacent to an activating group) is 1. The molecule has 0 aromatic carbocycles. The lowest BCUT2D eigenvalue weighted by Crippen LogP contribution is -2.34. The minimum absolute atomic E-state index is 0.528. The number of terminal acetylenes is 1.